The number of aromatic amines is 1. The fourth-order valence-corrected chi connectivity index (χ4v) is 1.72. The second kappa shape index (κ2) is 4.40. The molecular weight excluding hydrogens is 236 g/mol. The van der Waals surface area contributed by atoms with E-state index in [2.05, 4.69) is 5.10 Å². The van der Waals surface area contributed by atoms with Crippen molar-refractivity contribution in [1.82, 2.24) is 9.78 Å². The lowest BCUT2D eigenvalue weighted by Crippen LogP contribution is -2.19. The summed E-state index contributed by atoms with van der Waals surface area (Å²) in [5.41, 5.74) is 0.907. The Morgan fingerprint density at radius 2 is 1.94 bits per heavy atom. The minimum atomic E-state index is -1.05. The third-order valence-electron chi connectivity index (χ3n) is 2.63. The van der Waals surface area contributed by atoms with Crippen LogP contribution in [-0.2, 0) is 11.2 Å². The molecule has 0 aliphatic rings. The van der Waals surface area contributed by atoms with Crippen molar-refractivity contribution in [2.75, 3.05) is 0 Å². The molecule has 0 unspecified atom stereocenters. The maximum absolute atomic E-state index is 12.0. The van der Waals surface area contributed by atoms with Crippen LogP contribution in [0.1, 0.15) is 11.3 Å². The van der Waals surface area contributed by atoms with Crippen LogP contribution in [0.15, 0.2) is 29.1 Å². The van der Waals surface area contributed by atoms with E-state index in [0.29, 0.717) is 11.4 Å². The van der Waals surface area contributed by atoms with Gasteiger partial charge in [-0.2, -0.15) is 0 Å². The highest BCUT2D eigenvalue weighted by molar-refractivity contribution is 5.70. The minimum absolute atomic E-state index is 0.0980. The Hall–Kier alpha value is -2.50. The first-order valence-corrected chi connectivity index (χ1v) is 5.30. The highest BCUT2D eigenvalue weighted by Crippen LogP contribution is 2.13. The molecule has 2 aromatic rings. The summed E-state index contributed by atoms with van der Waals surface area (Å²) in [6.45, 7) is 1.65. The largest absolute Gasteiger partial charge is 0.508 e. The number of aromatic hydroxyl groups is 1. The Bertz CT molecular complexity index is 637. The quantitative estimate of drug-likeness (QED) is 0.748. The van der Waals surface area contributed by atoms with E-state index in [4.69, 9.17) is 5.11 Å². The Labute approximate surface area is 102 Å². The number of H-pyrrole nitrogens is 1. The summed E-state index contributed by atoms with van der Waals surface area (Å²) < 4.78 is 1.26. The molecular formula is C12H12N2O4. The Balaban J connectivity index is 2.50. The van der Waals surface area contributed by atoms with Crippen molar-refractivity contribution >= 4 is 5.97 Å². The van der Waals surface area contributed by atoms with E-state index in [-0.39, 0.29) is 23.3 Å². The Morgan fingerprint density at radius 3 is 2.50 bits per heavy atom. The number of carboxylic acid groups (broad SMARTS) is 1. The average molecular weight is 248 g/mol. The third kappa shape index (κ3) is 2.13. The molecule has 1 aromatic carbocycles. The van der Waals surface area contributed by atoms with Crippen LogP contribution in [0.4, 0.5) is 0 Å². The molecule has 0 aliphatic heterocycles. The van der Waals surface area contributed by atoms with Crippen LogP contribution in [0.5, 0.6) is 5.75 Å². The summed E-state index contributed by atoms with van der Waals surface area (Å²) in [4.78, 5) is 22.7. The van der Waals surface area contributed by atoms with Gasteiger partial charge in [-0.05, 0) is 31.2 Å². The number of nitrogens with one attached hydrogen (secondary N) is 1. The second-order valence-electron chi connectivity index (χ2n) is 3.94. The molecule has 0 amide bonds. The number of carbonyl (C=O) groups is 1. The number of aryl methyl sites for hydroxylation is 1. The van der Waals surface area contributed by atoms with Crippen molar-refractivity contribution in [2.45, 2.75) is 13.3 Å². The summed E-state index contributed by atoms with van der Waals surface area (Å²) in [5, 5.41) is 20.7. The SMILES string of the molecule is Cc1[nH]n(-c2ccc(O)cc2)c(=O)c1CC(=O)O. The van der Waals surface area contributed by atoms with Gasteiger partial charge in [-0.15, -0.1) is 0 Å². The zero-order valence-electron chi connectivity index (χ0n) is 9.67. The van der Waals surface area contributed by atoms with E-state index in [1.165, 1.54) is 16.8 Å². The lowest BCUT2D eigenvalue weighted by Gasteiger charge is -2.00. The van der Waals surface area contributed by atoms with Crippen LogP contribution in [0.25, 0.3) is 5.69 Å². The summed E-state index contributed by atoms with van der Waals surface area (Å²) in [5.74, 6) is -0.951. The summed E-state index contributed by atoms with van der Waals surface area (Å²) in [6, 6.07) is 6.04. The van der Waals surface area contributed by atoms with Crippen molar-refractivity contribution in [3.8, 4) is 11.4 Å². The van der Waals surface area contributed by atoms with Gasteiger partial charge in [-0.1, -0.05) is 0 Å². The van der Waals surface area contributed by atoms with E-state index >= 15 is 0 Å². The smallest absolute Gasteiger partial charge is 0.308 e. The second-order valence-corrected chi connectivity index (χ2v) is 3.94. The molecule has 1 aromatic heterocycles. The number of nitrogens with zero attached hydrogens (tertiary/aromatic N) is 1. The maximum Gasteiger partial charge on any atom is 0.308 e. The highest BCUT2D eigenvalue weighted by atomic mass is 16.4. The number of benzene rings is 1. The summed E-state index contributed by atoms with van der Waals surface area (Å²) in [6.07, 6.45) is -0.313. The van der Waals surface area contributed by atoms with Crippen LogP contribution in [0.3, 0.4) is 0 Å². The fraction of sp³-hybridized carbons (Fsp3) is 0.167. The van der Waals surface area contributed by atoms with Gasteiger partial charge < -0.3 is 10.2 Å². The van der Waals surface area contributed by atoms with Crippen LogP contribution in [-0.4, -0.2) is 26.0 Å². The molecule has 0 atom stereocenters. The first-order valence-electron chi connectivity index (χ1n) is 5.30. The van der Waals surface area contributed by atoms with E-state index in [1.807, 2.05) is 0 Å². The van der Waals surface area contributed by atoms with Crippen LogP contribution >= 0.6 is 0 Å². The zero-order chi connectivity index (χ0) is 13.3. The lowest BCUT2D eigenvalue weighted by molar-refractivity contribution is -0.136. The Kier molecular flexibility index (Phi) is 2.93. The summed E-state index contributed by atoms with van der Waals surface area (Å²) >= 11 is 0. The van der Waals surface area contributed by atoms with Crippen molar-refractivity contribution in [1.29, 1.82) is 0 Å². The number of rotatable bonds is 3. The van der Waals surface area contributed by atoms with Gasteiger partial charge in [-0.25, -0.2) is 4.68 Å². The van der Waals surface area contributed by atoms with E-state index in [9.17, 15) is 14.7 Å². The van der Waals surface area contributed by atoms with E-state index in [0.717, 1.165) is 0 Å². The predicted octanol–water partition coefficient (Wildman–Crippen LogP) is 0.807. The van der Waals surface area contributed by atoms with E-state index in [1.54, 1.807) is 19.1 Å². The van der Waals surface area contributed by atoms with Gasteiger partial charge in [0.25, 0.3) is 5.56 Å². The minimum Gasteiger partial charge on any atom is -0.508 e. The predicted molar refractivity (Wildman–Crippen MR) is 64.1 cm³/mol. The van der Waals surface area contributed by atoms with Gasteiger partial charge in [0, 0.05) is 5.69 Å². The molecule has 0 fully saturated rings. The first-order chi connectivity index (χ1) is 8.49. The molecule has 94 valence electrons. The topological polar surface area (TPSA) is 95.3 Å². The zero-order valence-corrected chi connectivity index (χ0v) is 9.67. The van der Waals surface area contributed by atoms with Crippen LogP contribution < -0.4 is 5.56 Å². The first kappa shape index (κ1) is 12.0. The van der Waals surface area contributed by atoms with Crippen molar-refractivity contribution in [3.63, 3.8) is 0 Å². The number of aromatic nitrogens is 2. The number of aliphatic carboxylic acids is 1. The van der Waals surface area contributed by atoms with Crippen LogP contribution in [0.2, 0.25) is 0 Å². The molecule has 18 heavy (non-hydrogen) atoms. The maximum atomic E-state index is 12.0. The molecule has 0 spiro atoms. The van der Waals surface area contributed by atoms with Crippen molar-refractivity contribution in [3.05, 3.63) is 45.9 Å². The molecule has 6 heteroatoms. The average Bonchev–Trinajstić information content (AvgIpc) is 2.58. The monoisotopic (exact) mass is 248 g/mol. The highest BCUT2D eigenvalue weighted by Gasteiger charge is 2.14. The van der Waals surface area contributed by atoms with Gasteiger partial charge in [0.05, 0.1) is 17.7 Å². The molecule has 0 bridgehead atoms. The molecule has 0 saturated carbocycles. The third-order valence-corrected chi connectivity index (χ3v) is 2.63. The number of hydrogen-bond donors (Lipinski definition) is 3. The van der Waals surface area contributed by atoms with Gasteiger partial charge >= 0.3 is 5.97 Å². The lowest BCUT2D eigenvalue weighted by atomic mass is 10.2. The molecule has 3 N–H and O–H groups in total. The van der Waals surface area contributed by atoms with Gasteiger partial charge in [0.15, 0.2) is 0 Å². The standard InChI is InChI=1S/C12H12N2O4/c1-7-10(6-11(16)17)12(18)14(13-7)8-2-4-9(15)5-3-8/h2-5,13,15H,6H2,1H3,(H,16,17). The van der Waals surface area contributed by atoms with Crippen molar-refractivity contribution < 1.29 is 15.0 Å². The van der Waals surface area contributed by atoms with E-state index < -0.39 is 5.97 Å². The molecule has 0 radical (unpaired) electrons. The molecule has 0 aliphatic carbocycles. The van der Waals surface area contributed by atoms with Crippen molar-refractivity contribution in [2.24, 2.45) is 0 Å². The molecule has 0 saturated heterocycles. The number of phenols is 1. The molecule has 2 rings (SSSR count). The van der Waals surface area contributed by atoms with Gasteiger partial charge in [-0.3, -0.25) is 14.7 Å². The number of phenolic OH excluding ortho intramolecular Hbond substituents is 1. The number of carboxylic acids is 1. The molecule has 1 heterocycles. The number of hydrogen-bond acceptors (Lipinski definition) is 3. The molecule has 6 nitrogen and oxygen atoms in total. The summed E-state index contributed by atoms with van der Waals surface area (Å²) in [7, 11) is 0. The van der Waals surface area contributed by atoms with Gasteiger partial charge in [0.1, 0.15) is 5.75 Å². The Morgan fingerprint density at radius 1 is 1.33 bits per heavy atom. The normalized spacial score (nSPS) is 10.5. The fourth-order valence-electron chi connectivity index (χ4n) is 1.72. The van der Waals surface area contributed by atoms with Gasteiger partial charge in [0.2, 0.25) is 0 Å². The van der Waals surface area contributed by atoms with Crippen LogP contribution in [0, 0.1) is 6.92 Å².